The number of benzene rings is 1. The van der Waals surface area contributed by atoms with E-state index in [1.807, 2.05) is 27.0 Å². The second kappa shape index (κ2) is 15.5. The highest BCUT2D eigenvalue weighted by Crippen LogP contribution is 2.36. The van der Waals surface area contributed by atoms with Crippen molar-refractivity contribution in [3.8, 4) is 5.75 Å². The van der Waals surface area contributed by atoms with Crippen LogP contribution in [0.25, 0.3) is 0 Å². The summed E-state index contributed by atoms with van der Waals surface area (Å²) in [5.74, 6) is 1.95. The van der Waals surface area contributed by atoms with E-state index in [1.54, 1.807) is 6.92 Å². The monoisotopic (exact) mass is 393 g/mol. The maximum atomic E-state index is 10.0. The first-order valence-electron chi connectivity index (χ1n) is 9.44. The zero-order valence-corrected chi connectivity index (χ0v) is 18.5. The first-order chi connectivity index (χ1) is 12.1. The van der Waals surface area contributed by atoms with Crippen LogP contribution in [0, 0.1) is 6.92 Å². The van der Waals surface area contributed by atoms with Gasteiger partial charge in [-0.2, -0.15) is 9.90 Å². The number of ether oxygens (including phenoxy) is 1. The Bertz CT molecular complexity index is 623. The van der Waals surface area contributed by atoms with Crippen molar-refractivity contribution < 1.29 is 9.53 Å². The Hall–Kier alpha value is -1.60. The van der Waals surface area contributed by atoms with Crippen LogP contribution in [-0.2, 0) is 11.2 Å². The number of ketones is 1. The molecule has 0 spiro atoms. The first kappa shape index (κ1) is 27.6. The smallest absolute Gasteiger partial charge is 0.129 e. The van der Waals surface area contributed by atoms with Gasteiger partial charge < -0.3 is 14.5 Å². The number of H-pyrrole nitrogens is 1. The number of aromatic nitrogens is 1. The lowest BCUT2D eigenvalue weighted by atomic mass is 9.87. The third-order valence-electron chi connectivity index (χ3n) is 4.08. The van der Waals surface area contributed by atoms with Gasteiger partial charge in [-0.25, -0.2) is 0 Å². The molecule has 0 fully saturated rings. The van der Waals surface area contributed by atoms with E-state index in [9.17, 15) is 4.79 Å². The fourth-order valence-electron chi connectivity index (χ4n) is 2.92. The molecule has 2 heterocycles. The molecule has 2 unspecified atom stereocenters. The lowest BCUT2D eigenvalue weighted by Gasteiger charge is -2.26. The van der Waals surface area contributed by atoms with Gasteiger partial charge in [-0.1, -0.05) is 45.9 Å². The molecule has 4 heteroatoms. The average Bonchev–Trinajstić information content (AvgIpc) is 3.11. The van der Waals surface area contributed by atoms with Crippen molar-refractivity contribution in [2.75, 3.05) is 6.61 Å². The van der Waals surface area contributed by atoms with E-state index in [0.717, 1.165) is 38.0 Å². The van der Waals surface area contributed by atoms with Gasteiger partial charge in [0.1, 0.15) is 11.5 Å². The van der Waals surface area contributed by atoms with E-state index in [2.05, 4.69) is 42.4 Å². The largest absolute Gasteiger partial charge is 0.493 e. The summed E-state index contributed by atoms with van der Waals surface area (Å²) in [6, 6.07) is 8.65. The number of rotatable bonds is 4. The van der Waals surface area contributed by atoms with Crippen LogP contribution in [0.4, 0.5) is 0 Å². The van der Waals surface area contributed by atoms with E-state index in [0.29, 0.717) is 5.92 Å². The van der Waals surface area contributed by atoms with Crippen molar-refractivity contribution in [1.82, 2.24) is 4.98 Å². The summed E-state index contributed by atoms with van der Waals surface area (Å²) < 4.78 is 5.72. The fraction of sp³-hybridized carbons (Fsp3) is 0.522. The zero-order chi connectivity index (χ0) is 18.7. The Morgan fingerprint density at radius 3 is 2.48 bits per heavy atom. The van der Waals surface area contributed by atoms with Crippen LogP contribution in [0.15, 0.2) is 36.7 Å². The minimum atomic E-state index is 0. The van der Waals surface area contributed by atoms with Crippen molar-refractivity contribution in [2.45, 2.75) is 73.6 Å². The predicted octanol–water partition coefficient (Wildman–Crippen LogP) is 6.53. The number of carbonyl (C=O) groups is 1. The second-order valence-electron chi connectivity index (χ2n) is 6.25. The first-order valence-corrected chi connectivity index (χ1v) is 9.44. The van der Waals surface area contributed by atoms with E-state index in [-0.39, 0.29) is 23.1 Å². The second-order valence-corrected chi connectivity index (χ2v) is 6.25. The van der Waals surface area contributed by atoms with E-state index >= 15 is 0 Å². The number of Topliss-reactive ketones (excluding diaryl/α,β-unsaturated/α-hetero) is 1. The van der Waals surface area contributed by atoms with Gasteiger partial charge in [-0.05, 0) is 62.3 Å². The van der Waals surface area contributed by atoms with Crippen molar-refractivity contribution in [3.63, 3.8) is 0 Å². The van der Waals surface area contributed by atoms with Gasteiger partial charge in [0.25, 0.3) is 0 Å². The third kappa shape index (κ3) is 9.77. The summed E-state index contributed by atoms with van der Waals surface area (Å²) >= 11 is 0. The highest BCUT2D eigenvalue weighted by atomic mass is 31.0. The molecular weight excluding hydrogens is 353 g/mol. The molecule has 0 amide bonds. The molecule has 3 rings (SSSR count). The minimum absolute atomic E-state index is 0. The molecule has 0 saturated heterocycles. The molecule has 2 atom stereocenters. The van der Waals surface area contributed by atoms with Gasteiger partial charge >= 0.3 is 0 Å². The predicted molar refractivity (Wildman–Crippen MR) is 123 cm³/mol. The highest BCUT2D eigenvalue weighted by molar-refractivity contribution is 6.92. The van der Waals surface area contributed by atoms with Gasteiger partial charge in [0.2, 0.25) is 0 Å². The Morgan fingerprint density at radius 1 is 1.26 bits per heavy atom. The zero-order valence-electron chi connectivity index (χ0n) is 17.1. The molecule has 1 aromatic carbocycles. The van der Waals surface area contributed by atoms with Crippen LogP contribution in [0.5, 0.6) is 5.75 Å². The highest BCUT2D eigenvalue weighted by Gasteiger charge is 2.21. The molecule has 1 aliphatic rings. The van der Waals surface area contributed by atoms with Gasteiger partial charge in [0.05, 0.1) is 6.61 Å². The number of hydrogen-bond donors (Lipinski definition) is 1. The minimum Gasteiger partial charge on any atom is -0.493 e. The van der Waals surface area contributed by atoms with Gasteiger partial charge in [-0.15, -0.1) is 0 Å². The normalized spacial score (nSPS) is 13.7. The molecule has 1 aromatic heterocycles. The van der Waals surface area contributed by atoms with E-state index < -0.39 is 0 Å². The van der Waals surface area contributed by atoms with Crippen molar-refractivity contribution in [2.24, 2.45) is 0 Å². The number of aromatic amines is 1. The average molecular weight is 394 g/mol. The maximum Gasteiger partial charge on any atom is 0.129 e. The Kier molecular flexibility index (Phi) is 15.8. The van der Waals surface area contributed by atoms with Gasteiger partial charge in [0.15, 0.2) is 0 Å². The van der Waals surface area contributed by atoms with E-state index in [1.165, 1.54) is 16.7 Å². The maximum absolute atomic E-state index is 10.0. The number of fused-ring (bicyclic) bond motifs is 1. The molecule has 2 aromatic rings. The number of aryl methyl sites for hydroxylation is 1. The lowest BCUT2D eigenvalue weighted by Crippen LogP contribution is -2.16. The van der Waals surface area contributed by atoms with Crippen LogP contribution in [0.2, 0.25) is 0 Å². The molecular formula is C23H40NO2P. The van der Waals surface area contributed by atoms with Crippen LogP contribution < -0.4 is 4.74 Å². The van der Waals surface area contributed by atoms with Gasteiger partial charge in [-0.3, -0.25) is 0 Å². The van der Waals surface area contributed by atoms with Crippen LogP contribution in [0.1, 0.15) is 77.0 Å². The number of nitrogens with one attached hydrogen (secondary N) is 1. The standard InChI is InChI=1S/C15H17NO.C5H10O.C2H6.CH4.H3P/c1-11-2-3-15-14(8-11)13(5-7-17-15)9-12-4-6-16-10-12;1-3-4-5(2)6;1-2;;/h2-4,6,8,10,13,16H,5,7,9H2,1H3;3-4H2,1-2H3;1-2H3;1H4;1H3. The summed E-state index contributed by atoms with van der Waals surface area (Å²) in [5, 5.41) is 0. The van der Waals surface area contributed by atoms with Crippen molar-refractivity contribution >= 4 is 15.7 Å². The number of hydrogen-bond acceptors (Lipinski definition) is 2. The van der Waals surface area contributed by atoms with Crippen LogP contribution >= 0.6 is 9.90 Å². The summed E-state index contributed by atoms with van der Waals surface area (Å²) in [6.07, 6.45) is 8.01. The molecule has 1 aliphatic heterocycles. The van der Waals surface area contributed by atoms with Crippen LogP contribution in [0.3, 0.4) is 0 Å². The Morgan fingerprint density at radius 2 is 1.96 bits per heavy atom. The quantitative estimate of drug-likeness (QED) is 0.600. The van der Waals surface area contributed by atoms with Crippen LogP contribution in [-0.4, -0.2) is 17.4 Å². The Labute approximate surface area is 169 Å². The molecule has 1 N–H and O–H groups in total. The SMILES string of the molecule is C.CC.CCCC(C)=O.Cc1ccc2c(c1)C(Cc1cc[nH]c1)CCO2.P. The topological polar surface area (TPSA) is 42.1 Å². The van der Waals surface area contributed by atoms with Crippen molar-refractivity contribution in [3.05, 3.63) is 53.3 Å². The van der Waals surface area contributed by atoms with E-state index in [4.69, 9.17) is 4.74 Å². The number of carbonyl (C=O) groups excluding carboxylic acids is 1. The molecule has 0 radical (unpaired) electrons. The molecule has 0 saturated carbocycles. The molecule has 154 valence electrons. The summed E-state index contributed by atoms with van der Waals surface area (Å²) in [4.78, 5) is 13.2. The lowest BCUT2D eigenvalue weighted by molar-refractivity contribution is -0.117. The summed E-state index contributed by atoms with van der Waals surface area (Å²) in [5.41, 5.74) is 4.06. The Balaban J connectivity index is 0. The molecule has 3 nitrogen and oxygen atoms in total. The third-order valence-corrected chi connectivity index (χ3v) is 4.08. The molecule has 0 bridgehead atoms. The summed E-state index contributed by atoms with van der Waals surface area (Å²) in [6.45, 7) is 10.6. The van der Waals surface area contributed by atoms with Gasteiger partial charge in [0, 0.05) is 18.8 Å². The molecule has 27 heavy (non-hydrogen) atoms. The summed E-state index contributed by atoms with van der Waals surface area (Å²) in [7, 11) is 0. The fourth-order valence-corrected chi connectivity index (χ4v) is 2.92. The molecule has 0 aliphatic carbocycles. The van der Waals surface area contributed by atoms with Crippen molar-refractivity contribution in [1.29, 1.82) is 0 Å².